The molecule has 0 aliphatic carbocycles. The SMILES string of the molecule is COc1ccc(C(=O)c2c(Br)cc(CC#N)n2C(C)C)cc1. The third-order valence-corrected chi connectivity index (χ3v) is 4.02. The van der Waals surface area contributed by atoms with Crippen molar-refractivity contribution in [2.24, 2.45) is 0 Å². The Hall–Kier alpha value is -2.06. The second-order valence-corrected chi connectivity index (χ2v) is 6.04. The highest BCUT2D eigenvalue weighted by atomic mass is 79.9. The number of ketones is 1. The minimum absolute atomic E-state index is 0.0765. The minimum Gasteiger partial charge on any atom is -0.497 e. The monoisotopic (exact) mass is 360 g/mol. The Morgan fingerprint density at radius 1 is 1.36 bits per heavy atom. The zero-order valence-corrected chi connectivity index (χ0v) is 14.3. The molecule has 1 heterocycles. The number of carbonyl (C=O) groups excluding carboxylic acids is 1. The summed E-state index contributed by atoms with van der Waals surface area (Å²) in [5, 5.41) is 8.96. The van der Waals surface area contributed by atoms with E-state index in [1.54, 1.807) is 31.4 Å². The summed E-state index contributed by atoms with van der Waals surface area (Å²) in [5.74, 6) is 0.632. The van der Waals surface area contributed by atoms with Crippen LogP contribution in [0.4, 0.5) is 0 Å². The molecule has 1 aromatic heterocycles. The molecule has 0 bridgehead atoms. The molecule has 2 rings (SSSR count). The fourth-order valence-electron chi connectivity index (χ4n) is 2.45. The number of nitriles is 1. The Labute approximate surface area is 138 Å². The number of ether oxygens (including phenoxy) is 1. The van der Waals surface area contributed by atoms with Gasteiger partial charge in [-0.25, -0.2) is 0 Å². The smallest absolute Gasteiger partial charge is 0.210 e. The van der Waals surface area contributed by atoms with Gasteiger partial charge in [-0.3, -0.25) is 4.79 Å². The highest BCUT2D eigenvalue weighted by molar-refractivity contribution is 9.10. The number of methoxy groups -OCH3 is 1. The van der Waals surface area contributed by atoms with Crippen LogP contribution in [0, 0.1) is 11.3 Å². The molecule has 0 radical (unpaired) electrons. The van der Waals surface area contributed by atoms with Crippen LogP contribution in [-0.2, 0) is 6.42 Å². The lowest BCUT2D eigenvalue weighted by Crippen LogP contribution is -2.15. The van der Waals surface area contributed by atoms with Crippen LogP contribution >= 0.6 is 15.9 Å². The molecule has 0 unspecified atom stereocenters. The van der Waals surface area contributed by atoms with Gasteiger partial charge in [-0.1, -0.05) is 0 Å². The molecular formula is C17H17BrN2O2. The van der Waals surface area contributed by atoms with Gasteiger partial charge >= 0.3 is 0 Å². The number of hydrogen-bond acceptors (Lipinski definition) is 3. The van der Waals surface area contributed by atoms with Crippen molar-refractivity contribution >= 4 is 21.7 Å². The predicted molar refractivity (Wildman–Crippen MR) is 88.3 cm³/mol. The van der Waals surface area contributed by atoms with Crippen LogP contribution in [0.1, 0.15) is 41.6 Å². The fourth-order valence-corrected chi connectivity index (χ4v) is 3.08. The summed E-state index contributed by atoms with van der Waals surface area (Å²) in [7, 11) is 1.59. The first-order valence-electron chi connectivity index (χ1n) is 6.95. The first-order chi connectivity index (χ1) is 10.5. The molecule has 2 aromatic rings. The maximum absolute atomic E-state index is 12.8. The molecule has 1 aromatic carbocycles. The van der Waals surface area contributed by atoms with Gasteiger partial charge in [0.2, 0.25) is 5.78 Å². The van der Waals surface area contributed by atoms with E-state index in [-0.39, 0.29) is 18.2 Å². The van der Waals surface area contributed by atoms with Gasteiger partial charge in [0.25, 0.3) is 0 Å². The highest BCUT2D eigenvalue weighted by Crippen LogP contribution is 2.29. The van der Waals surface area contributed by atoms with Gasteiger partial charge in [-0.15, -0.1) is 0 Å². The van der Waals surface area contributed by atoms with Crippen molar-refractivity contribution in [3.05, 3.63) is 51.8 Å². The van der Waals surface area contributed by atoms with Gasteiger partial charge in [-0.05, 0) is 60.1 Å². The third-order valence-electron chi connectivity index (χ3n) is 3.41. The van der Waals surface area contributed by atoms with E-state index < -0.39 is 0 Å². The highest BCUT2D eigenvalue weighted by Gasteiger charge is 2.22. The van der Waals surface area contributed by atoms with Gasteiger partial charge in [0, 0.05) is 21.8 Å². The van der Waals surface area contributed by atoms with Crippen LogP contribution in [-0.4, -0.2) is 17.5 Å². The van der Waals surface area contributed by atoms with Crippen molar-refractivity contribution in [2.75, 3.05) is 7.11 Å². The van der Waals surface area contributed by atoms with Crippen LogP contribution in [0.15, 0.2) is 34.8 Å². The summed E-state index contributed by atoms with van der Waals surface area (Å²) < 4.78 is 7.75. The van der Waals surface area contributed by atoms with E-state index in [4.69, 9.17) is 10.00 Å². The second-order valence-electron chi connectivity index (χ2n) is 5.19. The first kappa shape index (κ1) is 16.3. The molecule has 0 aliphatic heterocycles. The molecule has 0 saturated carbocycles. The van der Waals surface area contributed by atoms with E-state index in [1.807, 2.05) is 24.5 Å². The number of rotatable bonds is 5. The molecule has 0 amide bonds. The maximum atomic E-state index is 12.8. The van der Waals surface area contributed by atoms with Gasteiger partial charge in [-0.2, -0.15) is 5.26 Å². The number of nitrogens with zero attached hydrogens (tertiary/aromatic N) is 2. The standard InChI is InChI=1S/C17H17BrN2O2/c1-11(2)20-13(8-9-19)10-15(18)16(20)17(21)12-4-6-14(22-3)7-5-12/h4-7,10-11H,8H2,1-3H3. The van der Waals surface area contributed by atoms with Crippen LogP contribution in [0.25, 0.3) is 0 Å². The molecule has 5 heteroatoms. The van der Waals surface area contributed by atoms with Crippen molar-refractivity contribution in [2.45, 2.75) is 26.3 Å². The molecule has 114 valence electrons. The Morgan fingerprint density at radius 3 is 2.50 bits per heavy atom. The first-order valence-corrected chi connectivity index (χ1v) is 7.74. The number of benzene rings is 1. The lowest BCUT2D eigenvalue weighted by molar-refractivity contribution is 0.102. The number of halogens is 1. The Balaban J connectivity index is 2.50. The predicted octanol–water partition coefficient (Wildman–Crippen LogP) is 4.14. The van der Waals surface area contributed by atoms with Gasteiger partial charge in [0.15, 0.2) is 0 Å². The van der Waals surface area contributed by atoms with Crippen LogP contribution in [0.2, 0.25) is 0 Å². The Kier molecular flexibility index (Phi) is 5.04. The largest absolute Gasteiger partial charge is 0.497 e. The molecule has 0 N–H and O–H groups in total. The Bertz CT molecular complexity index is 724. The molecule has 0 atom stereocenters. The normalized spacial score (nSPS) is 10.5. The van der Waals surface area contributed by atoms with E-state index in [9.17, 15) is 4.79 Å². The molecular weight excluding hydrogens is 344 g/mol. The van der Waals surface area contributed by atoms with Crippen molar-refractivity contribution in [3.8, 4) is 11.8 Å². The van der Waals surface area contributed by atoms with E-state index in [0.29, 0.717) is 21.5 Å². The average Bonchev–Trinajstić information content (AvgIpc) is 2.83. The summed E-state index contributed by atoms with van der Waals surface area (Å²) in [6, 6.07) is 11.1. The third kappa shape index (κ3) is 3.07. The lowest BCUT2D eigenvalue weighted by atomic mass is 10.1. The Morgan fingerprint density at radius 2 is 2.00 bits per heavy atom. The summed E-state index contributed by atoms with van der Waals surface area (Å²) in [5.41, 5.74) is 2.00. The van der Waals surface area contributed by atoms with Gasteiger partial charge in [0.05, 0.1) is 19.6 Å². The van der Waals surface area contributed by atoms with E-state index in [0.717, 1.165) is 5.69 Å². The van der Waals surface area contributed by atoms with Crippen molar-refractivity contribution in [1.82, 2.24) is 4.57 Å². The van der Waals surface area contributed by atoms with Crippen molar-refractivity contribution < 1.29 is 9.53 Å². The maximum Gasteiger partial charge on any atom is 0.210 e. The van der Waals surface area contributed by atoms with Crippen LogP contribution in [0.5, 0.6) is 5.75 Å². The molecule has 4 nitrogen and oxygen atoms in total. The zero-order valence-electron chi connectivity index (χ0n) is 12.8. The number of aromatic nitrogens is 1. The molecule has 0 spiro atoms. The second kappa shape index (κ2) is 6.80. The molecule has 0 saturated heterocycles. The van der Waals surface area contributed by atoms with Crippen molar-refractivity contribution in [1.29, 1.82) is 5.26 Å². The summed E-state index contributed by atoms with van der Waals surface area (Å²) in [6.45, 7) is 4.00. The average molecular weight is 361 g/mol. The molecule has 0 aliphatic rings. The van der Waals surface area contributed by atoms with Gasteiger partial charge in [0.1, 0.15) is 11.4 Å². The van der Waals surface area contributed by atoms with Crippen LogP contribution in [0.3, 0.4) is 0 Å². The van der Waals surface area contributed by atoms with E-state index >= 15 is 0 Å². The van der Waals surface area contributed by atoms with Gasteiger partial charge < -0.3 is 9.30 Å². The molecule has 0 fully saturated rings. The van der Waals surface area contributed by atoms with E-state index in [1.165, 1.54) is 0 Å². The minimum atomic E-state index is -0.0765. The molecule has 22 heavy (non-hydrogen) atoms. The number of hydrogen-bond donors (Lipinski definition) is 0. The van der Waals surface area contributed by atoms with Crippen LogP contribution < -0.4 is 4.74 Å². The topological polar surface area (TPSA) is 55.0 Å². The van der Waals surface area contributed by atoms with E-state index in [2.05, 4.69) is 22.0 Å². The fraction of sp³-hybridized carbons (Fsp3) is 0.294. The zero-order chi connectivity index (χ0) is 16.3. The van der Waals surface area contributed by atoms with Crippen molar-refractivity contribution in [3.63, 3.8) is 0 Å². The number of carbonyl (C=O) groups is 1. The summed E-state index contributed by atoms with van der Waals surface area (Å²) >= 11 is 3.46. The summed E-state index contributed by atoms with van der Waals surface area (Å²) in [4.78, 5) is 12.8. The summed E-state index contributed by atoms with van der Waals surface area (Å²) in [6.07, 6.45) is 0.271. The quantitative estimate of drug-likeness (QED) is 0.753. The lowest BCUT2D eigenvalue weighted by Gasteiger charge is -2.16.